The van der Waals surface area contributed by atoms with E-state index in [0.29, 0.717) is 50.2 Å². The molecule has 7 rings (SSSR count). The van der Waals surface area contributed by atoms with Crippen LogP contribution in [-0.2, 0) is 40.0 Å². The molecule has 2 aromatic heterocycles. The van der Waals surface area contributed by atoms with Crippen LogP contribution >= 0.6 is 23.2 Å². The van der Waals surface area contributed by atoms with E-state index in [1.807, 2.05) is 47.5 Å². The molecule has 0 atom stereocenters. The molecule has 0 radical (unpaired) electrons. The van der Waals surface area contributed by atoms with Crippen molar-refractivity contribution in [1.82, 2.24) is 28.9 Å². The van der Waals surface area contributed by atoms with Crippen LogP contribution in [0.5, 0.6) is 0 Å². The number of hydrogen-bond acceptors (Lipinski definition) is 6. The van der Waals surface area contributed by atoms with Crippen molar-refractivity contribution in [2.45, 2.75) is 58.2 Å². The Morgan fingerprint density at radius 1 is 0.804 bits per heavy atom. The highest BCUT2D eigenvalue weighted by molar-refractivity contribution is 6.40. The largest absolute Gasteiger partial charge is 0.327 e. The lowest BCUT2D eigenvalue weighted by atomic mass is 9.90. The fourth-order valence-electron chi connectivity index (χ4n) is 6.90. The first kappa shape index (κ1) is 30.9. The summed E-state index contributed by atoms with van der Waals surface area (Å²) in [4.78, 5) is 41.1. The van der Waals surface area contributed by atoms with E-state index in [9.17, 15) is 9.59 Å². The lowest BCUT2D eigenvalue weighted by molar-refractivity contribution is 0.100. The number of likely N-dealkylation sites (N-methyl/N-ethyl adjacent to an activating group) is 1. The number of halogens is 2. The van der Waals surface area contributed by atoms with Crippen LogP contribution in [0.25, 0.3) is 11.1 Å². The predicted molar refractivity (Wildman–Crippen MR) is 181 cm³/mol. The molecule has 12 heteroatoms. The molecule has 2 amide bonds. The van der Waals surface area contributed by atoms with Gasteiger partial charge >= 0.3 is 0 Å². The number of aromatic nitrogens is 4. The van der Waals surface area contributed by atoms with Gasteiger partial charge in [-0.15, -0.1) is 0 Å². The zero-order valence-electron chi connectivity index (χ0n) is 26.4. The number of rotatable bonds is 7. The second kappa shape index (κ2) is 12.5. The van der Waals surface area contributed by atoms with Crippen LogP contribution in [0.2, 0.25) is 10.0 Å². The molecule has 3 aliphatic rings. The van der Waals surface area contributed by atoms with Crippen LogP contribution in [0.1, 0.15) is 70.2 Å². The molecule has 2 aliphatic heterocycles. The zero-order chi connectivity index (χ0) is 32.1. The number of carbonyl (C=O) groups is 2. The Kier molecular flexibility index (Phi) is 8.39. The molecule has 0 saturated heterocycles. The van der Waals surface area contributed by atoms with Crippen LogP contribution in [0, 0.1) is 0 Å². The maximum Gasteiger partial charge on any atom is 0.291 e. The van der Waals surface area contributed by atoms with Gasteiger partial charge in [-0.1, -0.05) is 60.8 Å². The van der Waals surface area contributed by atoms with Gasteiger partial charge in [0.05, 0.1) is 32.8 Å². The second-order valence-corrected chi connectivity index (χ2v) is 13.2. The Balaban J connectivity index is 1.10. The van der Waals surface area contributed by atoms with Crippen molar-refractivity contribution >= 4 is 46.4 Å². The van der Waals surface area contributed by atoms with Crippen molar-refractivity contribution in [3.63, 3.8) is 0 Å². The minimum absolute atomic E-state index is 0.321. The number of benzene rings is 2. The standard InChI is InChI=1S/C34H38Cl2N8O2/c1-4-43-16-14-27-25(18-43)37-31(41(27)2)33(45)39-23-12-6-10-21(29(23)35)22-11-7-13-24(30(22)36)40-34(46)32-38-26-19-44(20-8-5-9-20)17-15-28(26)42(32)3/h6-7,10-13,20H,4-5,8-9,14-19H2,1-3H3,(H,39,45)(H,40,46). The maximum absolute atomic E-state index is 13.5. The van der Waals surface area contributed by atoms with Gasteiger partial charge in [0.2, 0.25) is 0 Å². The third kappa shape index (κ3) is 5.51. The Labute approximate surface area is 278 Å². The molecular weight excluding hydrogens is 623 g/mol. The van der Waals surface area contributed by atoms with Crippen LogP contribution in [0.15, 0.2) is 36.4 Å². The number of imidazole rings is 2. The molecule has 0 unspecified atom stereocenters. The van der Waals surface area contributed by atoms with Gasteiger partial charge in [-0.25, -0.2) is 9.97 Å². The number of nitrogens with zero attached hydrogens (tertiary/aromatic N) is 6. The molecule has 0 bridgehead atoms. The predicted octanol–water partition coefficient (Wildman–Crippen LogP) is 5.92. The number of carbonyl (C=O) groups excluding carboxylic acids is 2. The lowest BCUT2D eigenvalue weighted by Gasteiger charge is -2.39. The van der Waals surface area contributed by atoms with Gasteiger partial charge in [-0.3, -0.25) is 19.4 Å². The minimum Gasteiger partial charge on any atom is -0.327 e. The summed E-state index contributed by atoms with van der Waals surface area (Å²) < 4.78 is 3.78. The van der Waals surface area contributed by atoms with Crippen molar-refractivity contribution in [1.29, 1.82) is 0 Å². The minimum atomic E-state index is -0.334. The number of amides is 2. The van der Waals surface area contributed by atoms with E-state index in [-0.39, 0.29) is 11.8 Å². The summed E-state index contributed by atoms with van der Waals surface area (Å²) >= 11 is 13.8. The summed E-state index contributed by atoms with van der Waals surface area (Å²) in [5.41, 5.74) is 6.26. The molecule has 46 heavy (non-hydrogen) atoms. The number of fused-ring (bicyclic) bond motifs is 2. The monoisotopic (exact) mass is 660 g/mol. The van der Waals surface area contributed by atoms with Gasteiger partial charge in [-0.2, -0.15) is 0 Å². The Bertz CT molecular complexity index is 1840. The van der Waals surface area contributed by atoms with Crippen molar-refractivity contribution in [3.05, 3.63) is 80.9 Å². The molecule has 240 valence electrons. The van der Waals surface area contributed by atoms with Crippen molar-refractivity contribution in [3.8, 4) is 11.1 Å². The quantitative estimate of drug-likeness (QED) is 0.255. The first-order valence-electron chi connectivity index (χ1n) is 16.0. The zero-order valence-corrected chi connectivity index (χ0v) is 27.9. The summed E-state index contributed by atoms with van der Waals surface area (Å²) in [6.45, 7) is 6.52. The first-order valence-corrected chi connectivity index (χ1v) is 16.7. The van der Waals surface area contributed by atoms with Crippen LogP contribution < -0.4 is 10.6 Å². The number of anilines is 2. The van der Waals surface area contributed by atoms with E-state index in [4.69, 9.17) is 28.2 Å². The number of nitrogens with one attached hydrogen (secondary N) is 2. The summed E-state index contributed by atoms with van der Waals surface area (Å²) in [5.74, 6) is 0.0553. The molecule has 2 aromatic carbocycles. The van der Waals surface area contributed by atoms with Gasteiger partial charge in [-0.05, 0) is 31.5 Å². The number of hydrogen-bond donors (Lipinski definition) is 2. The molecule has 1 aliphatic carbocycles. The molecule has 4 aromatic rings. The summed E-state index contributed by atoms with van der Waals surface area (Å²) in [6.07, 6.45) is 5.51. The first-order chi connectivity index (χ1) is 22.2. The summed E-state index contributed by atoms with van der Waals surface area (Å²) in [5, 5.41) is 6.60. The molecular formula is C34H38Cl2N8O2. The lowest BCUT2D eigenvalue weighted by Crippen LogP contribution is -2.43. The van der Waals surface area contributed by atoms with Gasteiger partial charge in [0.15, 0.2) is 11.6 Å². The average Bonchev–Trinajstić information content (AvgIpc) is 3.54. The van der Waals surface area contributed by atoms with Crippen LogP contribution in [0.4, 0.5) is 11.4 Å². The highest BCUT2D eigenvalue weighted by Crippen LogP contribution is 2.40. The summed E-state index contributed by atoms with van der Waals surface area (Å²) in [6, 6.07) is 11.4. The second-order valence-electron chi connectivity index (χ2n) is 12.4. The van der Waals surface area contributed by atoms with E-state index < -0.39 is 0 Å². The molecule has 10 nitrogen and oxygen atoms in total. The highest BCUT2D eigenvalue weighted by Gasteiger charge is 2.32. The molecule has 1 fully saturated rings. The van der Waals surface area contributed by atoms with Crippen molar-refractivity contribution in [2.24, 2.45) is 14.1 Å². The van der Waals surface area contributed by atoms with Crippen LogP contribution in [-0.4, -0.2) is 66.4 Å². The Morgan fingerprint density at radius 3 is 1.83 bits per heavy atom. The SMILES string of the molecule is CCN1CCc2c(nc(C(=O)Nc3cccc(-c4cccc(NC(=O)c5nc6c(n5C)CCN(C5CCC5)C6)c4Cl)c3Cl)n2C)C1. The van der Waals surface area contributed by atoms with E-state index >= 15 is 0 Å². The van der Waals surface area contributed by atoms with Gasteiger partial charge in [0.1, 0.15) is 0 Å². The molecule has 0 spiro atoms. The Hall–Kier alpha value is -3.70. The van der Waals surface area contributed by atoms with E-state index in [2.05, 4.69) is 32.3 Å². The average molecular weight is 662 g/mol. The van der Waals surface area contributed by atoms with Gasteiger partial charge in [0.25, 0.3) is 11.8 Å². The third-order valence-corrected chi connectivity index (χ3v) is 10.7. The van der Waals surface area contributed by atoms with Gasteiger partial charge in [0, 0.05) is 81.7 Å². The van der Waals surface area contributed by atoms with E-state index in [1.165, 1.54) is 19.3 Å². The van der Waals surface area contributed by atoms with Crippen molar-refractivity contribution in [2.75, 3.05) is 30.3 Å². The topological polar surface area (TPSA) is 100 Å². The fourth-order valence-corrected chi connectivity index (χ4v) is 7.45. The molecule has 1 saturated carbocycles. The molecule has 4 heterocycles. The fraction of sp³-hybridized carbons (Fsp3) is 0.412. The van der Waals surface area contributed by atoms with Crippen LogP contribution in [0.3, 0.4) is 0 Å². The maximum atomic E-state index is 13.5. The third-order valence-electron chi connectivity index (χ3n) is 9.85. The van der Waals surface area contributed by atoms with E-state index in [0.717, 1.165) is 68.3 Å². The normalized spacial score (nSPS) is 16.9. The smallest absolute Gasteiger partial charge is 0.291 e. The highest BCUT2D eigenvalue weighted by atomic mass is 35.5. The van der Waals surface area contributed by atoms with E-state index in [1.54, 1.807) is 12.1 Å². The van der Waals surface area contributed by atoms with Gasteiger partial charge < -0.3 is 19.8 Å². The van der Waals surface area contributed by atoms with Crippen molar-refractivity contribution < 1.29 is 9.59 Å². The Morgan fingerprint density at radius 2 is 1.33 bits per heavy atom. The summed E-state index contributed by atoms with van der Waals surface area (Å²) in [7, 11) is 3.78. The molecule has 2 N–H and O–H groups in total.